The van der Waals surface area contributed by atoms with Crippen molar-refractivity contribution in [3.63, 3.8) is 0 Å². The van der Waals surface area contributed by atoms with Crippen molar-refractivity contribution >= 4 is 27.8 Å². The number of aromatic nitrogens is 1. The zero-order chi connectivity index (χ0) is 25.1. The highest BCUT2D eigenvalue weighted by Gasteiger charge is 2.18. The first-order valence-electron chi connectivity index (χ1n) is 11.5. The van der Waals surface area contributed by atoms with Gasteiger partial charge in [-0.05, 0) is 74.2 Å². The van der Waals surface area contributed by atoms with E-state index >= 15 is 0 Å². The van der Waals surface area contributed by atoms with E-state index in [4.69, 9.17) is 13.9 Å². The normalized spacial score (nSPS) is 11.1. The van der Waals surface area contributed by atoms with Gasteiger partial charge in [-0.3, -0.25) is 4.79 Å². The highest BCUT2D eigenvalue weighted by atomic mass is 16.5. The molecule has 0 aliphatic heterocycles. The lowest BCUT2D eigenvalue weighted by atomic mass is 10.0. The number of H-pyrrole nitrogens is 1. The van der Waals surface area contributed by atoms with Crippen molar-refractivity contribution in [2.45, 2.75) is 33.6 Å². The molecule has 35 heavy (non-hydrogen) atoms. The molecule has 2 N–H and O–H groups in total. The van der Waals surface area contributed by atoms with E-state index in [0.29, 0.717) is 36.5 Å². The minimum Gasteiger partial charge on any atom is -0.497 e. The first kappa shape index (κ1) is 24.1. The molecular weight excluding hydrogens is 444 g/mol. The van der Waals surface area contributed by atoms with Crippen molar-refractivity contribution < 1.29 is 18.7 Å². The molecule has 2 aromatic heterocycles. The number of aromatic amines is 1. The Balaban J connectivity index is 1.46. The van der Waals surface area contributed by atoms with Crippen LogP contribution in [0.15, 0.2) is 57.9 Å². The summed E-state index contributed by atoms with van der Waals surface area (Å²) in [5.74, 6) is 1.20. The summed E-state index contributed by atoms with van der Waals surface area (Å²) in [7, 11) is 1.64. The van der Waals surface area contributed by atoms with E-state index < -0.39 is 5.63 Å². The summed E-state index contributed by atoms with van der Waals surface area (Å²) >= 11 is 0. The standard InChI is InChI=1S/C28H30N2O5/c1-16(2)15-34-25-9-7-21-17(3)22(28(32)35-27(21)18(25)4)13-26(31)29-11-10-19-14-30-24-8-6-20(33-5)12-23(19)24/h6-9,12,14,30H,1,10-11,13,15H2,2-5H3,(H,29,31). The van der Waals surface area contributed by atoms with Crippen LogP contribution in [0.4, 0.5) is 0 Å². The van der Waals surface area contributed by atoms with Crippen LogP contribution in [0.2, 0.25) is 0 Å². The van der Waals surface area contributed by atoms with E-state index in [-0.39, 0.29) is 12.3 Å². The van der Waals surface area contributed by atoms with Gasteiger partial charge in [0.2, 0.25) is 5.91 Å². The molecule has 0 aliphatic rings. The molecule has 0 radical (unpaired) electrons. The number of rotatable bonds is 9. The Hall–Kier alpha value is -4.00. The average molecular weight is 475 g/mol. The van der Waals surface area contributed by atoms with E-state index in [1.807, 2.05) is 57.3 Å². The summed E-state index contributed by atoms with van der Waals surface area (Å²) in [6.07, 6.45) is 2.55. The van der Waals surface area contributed by atoms with Gasteiger partial charge in [0.15, 0.2) is 0 Å². The second-order valence-electron chi connectivity index (χ2n) is 8.81. The Kier molecular flexibility index (Phi) is 6.96. The molecule has 2 aromatic carbocycles. The summed E-state index contributed by atoms with van der Waals surface area (Å²) in [6.45, 7) is 10.3. The zero-order valence-electron chi connectivity index (χ0n) is 20.5. The van der Waals surface area contributed by atoms with Gasteiger partial charge in [-0.25, -0.2) is 4.79 Å². The van der Waals surface area contributed by atoms with Crippen LogP contribution in [0.1, 0.15) is 29.2 Å². The van der Waals surface area contributed by atoms with E-state index in [2.05, 4.69) is 16.9 Å². The van der Waals surface area contributed by atoms with Crippen molar-refractivity contribution in [2.75, 3.05) is 20.3 Å². The summed E-state index contributed by atoms with van der Waals surface area (Å²) in [6, 6.07) is 9.56. The molecule has 7 heteroatoms. The molecule has 0 bridgehead atoms. The molecule has 182 valence electrons. The third kappa shape index (κ3) is 5.09. The molecule has 2 heterocycles. The summed E-state index contributed by atoms with van der Waals surface area (Å²) in [4.78, 5) is 28.7. The van der Waals surface area contributed by atoms with Crippen LogP contribution in [-0.2, 0) is 17.6 Å². The Morgan fingerprint density at radius 1 is 1.14 bits per heavy atom. The Bertz CT molecular complexity index is 1480. The maximum Gasteiger partial charge on any atom is 0.340 e. The third-order valence-corrected chi connectivity index (χ3v) is 6.16. The number of ether oxygens (including phenoxy) is 2. The number of aryl methyl sites for hydroxylation is 2. The maximum absolute atomic E-state index is 12.8. The van der Waals surface area contributed by atoms with E-state index in [9.17, 15) is 9.59 Å². The lowest BCUT2D eigenvalue weighted by Gasteiger charge is -2.13. The van der Waals surface area contributed by atoms with Crippen molar-refractivity contribution in [1.29, 1.82) is 0 Å². The van der Waals surface area contributed by atoms with Gasteiger partial charge in [-0.2, -0.15) is 0 Å². The molecule has 0 aliphatic carbocycles. The van der Waals surface area contributed by atoms with Gasteiger partial charge in [0, 0.05) is 34.6 Å². The number of amides is 1. The first-order chi connectivity index (χ1) is 16.8. The Morgan fingerprint density at radius 2 is 1.94 bits per heavy atom. The van der Waals surface area contributed by atoms with Crippen molar-refractivity contribution in [3.8, 4) is 11.5 Å². The lowest BCUT2D eigenvalue weighted by molar-refractivity contribution is -0.120. The molecule has 0 spiro atoms. The predicted octanol–water partition coefficient (Wildman–Crippen LogP) is 4.76. The fourth-order valence-corrected chi connectivity index (χ4v) is 4.18. The Labute approximate surface area is 203 Å². The largest absolute Gasteiger partial charge is 0.497 e. The predicted molar refractivity (Wildman–Crippen MR) is 138 cm³/mol. The number of methoxy groups -OCH3 is 1. The molecular formula is C28H30N2O5. The molecule has 0 saturated heterocycles. The van der Waals surface area contributed by atoms with E-state index in [1.165, 1.54) is 0 Å². The highest BCUT2D eigenvalue weighted by Crippen LogP contribution is 2.30. The molecule has 4 rings (SSSR count). The molecule has 0 fully saturated rings. The smallest absolute Gasteiger partial charge is 0.340 e. The molecule has 7 nitrogen and oxygen atoms in total. The molecule has 0 atom stereocenters. The number of benzene rings is 2. The SMILES string of the molecule is C=C(C)COc1ccc2c(C)c(CC(=O)NCCc3c[nH]c4ccc(OC)cc34)c(=O)oc2c1C. The fourth-order valence-electron chi connectivity index (χ4n) is 4.18. The van der Waals surface area contributed by atoms with Gasteiger partial charge in [0.25, 0.3) is 0 Å². The number of nitrogens with one attached hydrogen (secondary N) is 2. The van der Waals surface area contributed by atoms with Gasteiger partial charge in [-0.1, -0.05) is 6.58 Å². The topological polar surface area (TPSA) is 93.6 Å². The molecule has 4 aromatic rings. The molecule has 0 unspecified atom stereocenters. The van der Waals surface area contributed by atoms with Gasteiger partial charge in [0.05, 0.1) is 19.1 Å². The van der Waals surface area contributed by atoms with Gasteiger partial charge in [0.1, 0.15) is 23.7 Å². The maximum atomic E-state index is 12.8. The van der Waals surface area contributed by atoms with Crippen LogP contribution in [-0.4, -0.2) is 31.2 Å². The third-order valence-electron chi connectivity index (χ3n) is 6.16. The van der Waals surface area contributed by atoms with Crippen LogP contribution in [0.25, 0.3) is 21.9 Å². The second kappa shape index (κ2) is 10.1. The van der Waals surface area contributed by atoms with Crippen LogP contribution in [0.5, 0.6) is 11.5 Å². The summed E-state index contributed by atoms with van der Waals surface area (Å²) < 4.78 is 16.7. The van der Waals surface area contributed by atoms with Crippen LogP contribution in [0, 0.1) is 13.8 Å². The number of carbonyl (C=O) groups is 1. The molecule has 0 saturated carbocycles. The van der Waals surface area contributed by atoms with Crippen LogP contribution < -0.4 is 20.4 Å². The van der Waals surface area contributed by atoms with E-state index in [0.717, 1.165) is 44.3 Å². The van der Waals surface area contributed by atoms with Crippen molar-refractivity contribution in [3.05, 3.63) is 81.4 Å². The molecule has 1 amide bonds. The van der Waals surface area contributed by atoms with Gasteiger partial charge < -0.3 is 24.2 Å². The monoisotopic (exact) mass is 474 g/mol. The van der Waals surface area contributed by atoms with E-state index in [1.54, 1.807) is 7.11 Å². The minimum absolute atomic E-state index is 0.0429. The number of hydrogen-bond donors (Lipinski definition) is 2. The fraction of sp³-hybridized carbons (Fsp3) is 0.286. The zero-order valence-corrected chi connectivity index (χ0v) is 20.5. The summed E-state index contributed by atoms with van der Waals surface area (Å²) in [5, 5.41) is 4.77. The second-order valence-corrected chi connectivity index (χ2v) is 8.81. The highest BCUT2D eigenvalue weighted by molar-refractivity contribution is 5.88. The van der Waals surface area contributed by atoms with Crippen LogP contribution >= 0.6 is 0 Å². The number of hydrogen-bond acceptors (Lipinski definition) is 5. The quantitative estimate of drug-likeness (QED) is 0.270. The number of fused-ring (bicyclic) bond motifs is 2. The minimum atomic E-state index is -0.506. The summed E-state index contributed by atoms with van der Waals surface area (Å²) in [5.41, 5.74) is 4.81. The first-order valence-corrected chi connectivity index (χ1v) is 11.5. The van der Waals surface area contributed by atoms with Gasteiger partial charge >= 0.3 is 5.63 Å². The Morgan fingerprint density at radius 3 is 2.69 bits per heavy atom. The van der Waals surface area contributed by atoms with Crippen molar-refractivity contribution in [1.82, 2.24) is 10.3 Å². The average Bonchev–Trinajstić information content (AvgIpc) is 3.23. The lowest BCUT2D eigenvalue weighted by Crippen LogP contribution is -2.29. The van der Waals surface area contributed by atoms with Gasteiger partial charge in [-0.15, -0.1) is 0 Å². The van der Waals surface area contributed by atoms with Crippen molar-refractivity contribution in [2.24, 2.45) is 0 Å². The number of carbonyl (C=O) groups excluding carboxylic acids is 1. The van der Waals surface area contributed by atoms with Crippen LogP contribution in [0.3, 0.4) is 0 Å².